The maximum absolute atomic E-state index is 11.5. The minimum absolute atomic E-state index is 0.0476. The Hall–Kier alpha value is -1.07. The molecule has 0 radical (unpaired) electrons. The molecule has 0 spiro atoms. The van der Waals surface area contributed by atoms with Crippen molar-refractivity contribution in [2.75, 3.05) is 32.9 Å². The van der Waals surface area contributed by atoms with Gasteiger partial charge in [0.25, 0.3) is 5.91 Å². The van der Waals surface area contributed by atoms with Gasteiger partial charge in [-0.05, 0) is 26.2 Å². The number of anilines is 1. The van der Waals surface area contributed by atoms with Gasteiger partial charge in [0, 0.05) is 13.1 Å². The average molecular weight is 213 g/mol. The Morgan fingerprint density at radius 1 is 1.57 bits per heavy atom. The molecule has 0 aliphatic carbocycles. The average Bonchev–Trinajstić information content (AvgIpc) is 2.51. The maximum atomic E-state index is 11.5. The van der Waals surface area contributed by atoms with Crippen LogP contribution in [0.5, 0.6) is 0 Å². The van der Waals surface area contributed by atoms with Crippen LogP contribution in [0.1, 0.15) is 9.67 Å². The highest BCUT2D eigenvalue weighted by Crippen LogP contribution is 2.17. The highest BCUT2D eigenvalue weighted by atomic mass is 32.1. The van der Waals surface area contributed by atoms with E-state index in [1.165, 1.54) is 11.3 Å². The Balaban J connectivity index is 2.36. The molecule has 1 aromatic rings. The lowest BCUT2D eigenvalue weighted by Gasteiger charge is -2.09. The number of likely N-dealkylation sites (N-methyl/N-ethyl adjacent to an activating group) is 1. The lowest BCUT2D eigenvalue weighted by molar-refractivity contribution is 0.0955. The zero-order chi connectivity index (χ0) is 10.6. The Kier molecular flexibility index (Phi) is 3.91. The minimum Gasteiger partial charge on any atom is -0.391 e. The van der Waals surface area contributed by atoms with Gasteiger partial charge >= 0.3 is 0 Å². The molecule has 1 heterocycles. The topological polar surface area (TPSA) is 58.4 Å². The van der Waals surface area contributed by atoms with Crippen molar-refractivity contribution in [3.05, 3.63) is 17.0 Å². The van der Waals surface area contributed by atoms with Crippen LogP contribution in [0.15, 0.2) is 12.1 Å². The van der Waals surface area contributed by atoms with E-state index >= 15 is 0 Å². The molecule has 0 aliphatic heterocycles. The molecule has 4 nitrogen and oxygen atoms in total. The lowest BCUT2D eigenvalue weighted by Crippen LogP contribution is -2.30. The largest absolute Gasteiger partial charge is 0.391 e. The van der Waals surface area contributed by atoms with E-state index in [2.05, 4.69) is 5.32 Å². The van der Waals surface area contributed by atoms with Crippen LogP contribution in [-0.2, 0) is 0 Å². The first-order chi connectivity index (χ1) is 6.59. The molecule has 1 rings (SSSR count). The van der Waals surface area contributed by atoms with Crippen LogP contribution in [0, 0.1) is 0 Å². The molecule has 14 heavy (non-hydrogen) atoms. The number of hydrogen-bond donors (Lipinski definition) is 2. The van der Waals surface area contributed by atoms with Crippen LogP contribution in [0.25, 0.3) is 0 Å². The van der Waals surface area contributed by atoms with Crippen molar-refractivity contribution in [2.24, 2.45) is 0 Å². The van der Waals surface area contributed by atoms with Crippen LogP contribution >= 0.6 is 11.3 Å². The molecule has 0 saturated heterocycles. The van der Waals surface area contributed by atoms with Crippen molar-refractivity contribution in [1.29, 1.82) is 0 Å². The zero-order valence-electron chi connectivity index (χ0n) is 8.41. The number of thiophene rings is 1. The lowest BCUT2D eigenvalue weighted by atomic mass is 10.4. The summed E-state index contributed by atoms with van der Waals surface area (Å²) in [5.74, 6) is -0.0476. The molecule has 0 bridgehead atoms. The van der Waals surface area contributed by atoms with E-state index in [1.54, 1.807) is 12.1 Å². The molecule has 0 saturated carbocycles. The second-order valence-corrected chi connectivity index (χ2v) is 4.38. The van der Waals surface area contributed by atoms with Gasteiger partial charge in [-0.1, -0.05) is 0 Å². The summed E-state index contributed by atoms with van der Waals surface area (Å²) in [7, 11) is 3.94. The van der Waals surface area contributed by atoms with Gasteiger partial charge in [-0.3, -0.25) is 4.79 Å². The van der Waals surface area contributed by atoms with E-state index in [4.69, 9.17) is 5.73 Å². The maximum Gasteiger partial charge on any atom is 0.261 e. The van der Waals surface area contributed by atoms with Gasteiger partial charge in [0.2, 0.25) is 0 Å². The van der Waals surface area contributed by atoms with Gasteiger partial charge in [-0.25, -0.2) is 0 Å². The number of nitrogens with zero attached hydrogens (tertiary/aromatic N) is 1. The van der Waals surface area contributed by atoms with Crippen LogP contribution in [-0.4, -0.2) is 38.0 Å². The summed E-state index contributed by atoms with van der Waals surface area (Å²) >= 11 is 1.31. The van der Waals surface area contributed by atoms with Crippen molar-refractivity contribution in [1.82, 2.24) is 10.2 Å². The fourth-order valence-electron chi connectivity index (χ4n) is 0.955. The van der Waals surface area contributed by atoms with E-state index in [0.29, 0.717) is 16.4 Å². The molecule has 0 aromatic carbocycles. The predicted octanol–water partition coefficient (Wildman–Crippen LogP) is 0.622. The molecule has 1 aromatic heterocycles. The van der Waals surface area contributed by atoms with Crippen molar-refractivity contribution in [2.45, 2.75) is 0 Å². The Morgan fingerprint density at radius 3 is 2.79 bits per heavy atom. The number of carbonyl (C=O) groups is 1. The number of rotatable bonds is 4. The fraction of sp³-hybridized carbons (Fsp3) is 0.444. The van der Waals surface area contributed by atoms with Crippen LogP contribution in [0.3, 0.4) is 0 Å². The van der Waals surface area contributed by atoms with E-state index in [1.807, 2.05) is 19.0 Å². The van der Waals surface area contributed by atoms with Gasteiger partial charge in [-0.2, -0.15) is 0 Å². The summed E-state index contributed by atoms with van der Waals surface area (Å²) in [4.78, 5) is 14.1. The molecule has 0 atom stereocenters. The summed E-state index contributed by atoms with van der Waals surface area (Å²) in [5, 5.41) is 3.49. The van der Waals surface area contributed by atoms with Gasteiger partial charge in [-0.15, -0.1) is 11.3 Å². The van der Waals surface area contributed by atoms with Gasteiger partial charge < -0.3 is 16.0 Å². The number of hydrogen-bond acceptors (Lipinski definition) is 4. The molecule has 0 aliphatic rings. The first-order valence-corrected chi connectivity index (χ1v) is 5.19. The van der Waals surface area contributed by atoms with E-state index in [-0.39, 0.29) is 5.91 Å². The van der Waals surface area contributed by atoms with Crippen molar-refractivity contribution in [3.8, 4) is 0 Å². The molecule has 1 amide bonds. The van der Waals surface area contributed by atoms with Crippen LogP contribution in [0.2, 0.25) is 0 Å². The van der Waals surface area contributed by atoms with Crippen molar-refractivity contribution >= 4 is 22.2 Å². The second kappa shape index (κ2) is 4.97. The van der Waals surface area contributed by atoms with Crippen molar-refractivity contribution < 1.29 is 4.79 Å². The highest BCUT2D eigenvalue weighted by molar-refractivity contribution is 7.17. The Labute approximate surface area is 87.7 Å². The monoisotopic (exact) mass is 213 g/mol. The SMILES string of the molecule is CN(C)CCNC(=O)c1ccc(N)s1. The normalized spacial score (nSPS) is 10.5. The molecule has 0 fully saturated rings. The third kappa shape index (κ3) is 3.35. The highest BCUT2D eigenvalue weighted by Gasteiger charge is 2.06. The van der Waals surface area contributed by atoms with Crippen molar-refractivity contribution in [3.63, 3.8) is 0 Å². The molecule has 78 valence electrons. The second-order valence-electron chi connectivity index (χ2n) is 3.26. The molecule has 0 unspecified atom stereocenters. The Bertz CT molecular complexity index is 309. The number of carbonyl (C=O) groups excluding carboxylic acids is 1. The molecule has 5 heteroatoms. The quantitative estimate of drug-likeness (QED) is 0.771. The van der Waals surface area contributed by atoms with Gasteiger partial charge in [0.05, 0.1) is 9.88 Å². The van der Waals surface area contributed by atoms with Gasteiger partial charge in [0.1, 0.15) is 0 Å². The third-order valence-corrected chi connectivity index (χ3v) is 2.61. The minimum atomic E-state index is -0.0476. The van der Waals surface area contributed by atoms with Crippen LogP contribution < -0.4 is 11.1 Å². The van der Waals surface area contributed by atoms with Gasteiger partial charge in [0.15, 0.2) is 0 Å². The smallest absolute Gasteiger partial charge is 0.261 e. The molecular weight excluding hydrogens is 198 g/mol. The first-order valence-electron chi connectivity index (χ1n) is 4.38. The zero-order valence-corrected chi connectivity index (χ0v) is 9.23. The predicted molar refractivity (Wildman–Crippen MR) is 59.6 cm³/mol. The van der Waals surface area contributed by atoms with E-state index in [0.717, 1.165) is 6.54 Å². The number of nitrogen functional groups attached to an aromatic ring is 1. The van der Waals surface area contributed by atoms with E-state index in [9.17, 15) is 4.79 Å². The number of nitrogens with one attached hydrogen (secondary N) is 1. The standard InChI is InChI=1S/C9H15N3OS/c1-12(2)6-5-11-9(13)7-3-4-8(10)14-7/h3-4H,5-6,10H2,1-2H3,(H,11,13). The summed E-state index contributed by atoms with van der Waals surface area (Å²) in [6.45, 7) is 1.50. The summed E-state index contributed by atoms with van der Waals surface area (Å²) in [6.07, 6.45) is 0. The Morgan fingerprint density at radius 2 is 2.29 bits per heavy atom. The summed E-state index contributed by atoms with van der Waals surface area (Å²) in [5.41, 5.74) is 5.52. The van der Waals surface area contributed by atoms with E-state index < -0.39 is 0 Å². The summed E-state index contributed by atoms with van der Waals surface area (Å²) < 4.78 is 0. The number of nitrogens with two attached hydrogens (primary N) is 1. The first kappa shape index (κ1) is 11.0. The third-order valence-electron chi connectivity index (χ3n) is 1.70. The molecular formula is C9H15N3OS. The fourth-order valence-corrected chi connectivity index (χ4v) is 1.65. The van der Waals surface area contributed by atoms with Crippen LogP contribution in [0.4, 0.5) is 5.00 Å². The molecule has 3 N–H and O–H groups in total. The number of amides is 1. The summed E-state index contributed by atoms with van der Waals surface area (Å²) in [6, 6.07) is 3.48.